The molecule has 1 aromatic rings. The van der Waals surface area contributed by atoms with E-state index in [9.17, 15) is 9.59 Å². The van der Waals surface area contributed by atoms with Crippen LogP contribution in [-0.4, -0.2) is 23.0 Å². The Balaban J connectivity index is 2.47. The summed E-state index contributed by atoms with van der Waals surface area (Å²) in [5.41, 5.74) is 1.95. The zero-order valence-corrected chi connectivity index (χ0v) is 11.1. The van der Waals surface area contributed by atoms with E-state index in [1.54, 1.807) is 0 Å². The average Bonchev–Trinajstić information content (AvgIpc) is 2.30. The van der Waals surface area contributed by atoms with Crippen LogP contribution in [0.4, 0.5) is 0 Å². The second kappa shape index (κ2) is 6.40. The van der Waals surface area contributed by atoms with Crippen LogP contribution in [0.1, 0.15) is 24.5 Å². The number of carbonyl (C=O) groups is 2. The highest BCUT2D eigenvalue weighted by Gasteiger charge is 2.13. The number of carboxylic acid groups (broad SMARTS) is 1. The molecule has 0 unspecified atom stereocenters. The lowest BCUT2D eigenvalue weighted by Gasteiger charge is -2.09. The molecule has 98 valence electrons. The molecule has 0 heterocycles. The Morgan fingerprint density at radius 2 is 2.11 bits per heavy atom. The second-order valence-electron chi connectivity index (χ2n) is 4.21. The summed E-state index contributed by atoms with van der Waals surface area (Å²) in [5, 5.41) is 11.7. The molecule has 1 atom stereocenters. The molecule has 0 fully saturated rings. The normalized spacial score (nSPS) is 11.9. The van der Waals surface area contributed by atoms with Crippen molar-refractivity contribution in [2.24, 2.45) is 0 Å². The summed E-state index contributed by atoms with van der Waals surface area (Å²) in [7, 11) is 0. The third-order valence-electron chi connectivity index (χ3n) is 2.62. The van der Waals surface area contributed by atoms with E-state index in [0.29, 0.717) is 11.4 Å². The first-order valence-electron chi connectivity index (χ1n) is 5.67. The Kier molecular flexibility index (Phi) is 5.16. The van der Waals surface area contributed by atoms with Crippen LogP contribution >= 0.6 is 11.6 Å². The monoisotopic (exact) mass is 269 g/mol. The molecular weight excluding hydrogens is 254 g/mol. The van der Waals surface area contributed by atoms with E-state index in [2.05, 4.69) is 5.32 Å². The Morgan fingerprint density at radius 1 is 1.44 bits per heavy atom. The highest BCUT2D eigenvalue weighted by Crippen LogP contribution is 2.17. The molecule has 0 bridgehead atoms. The van der Waals surface area contributed by atoms with Crippen molar-refractivity contribution >= 4 is 23.5 Å². The van der Waals surface area contributed by atoms with Crippen LogP contribution in [0.15, 0.2) is 18.2 Å². The number of hydrogen-bond donors (Lipinski definition) is 2. The number of hydrogen-bond acceptors (Lipinski definition) is 2. The van der Waals surface area contributed by atoms with Crippen molar-refractivity contribution in [3.8, 4) is 0 Å². The lowest BCUT2D eigenvalue weighted by atomic mass is 10.1. The topological polar surface area (TPSA) is 66.4 Å². The molecular formula is C13H16ClNO3. The van der Waals surface area contributed by atoms with Gasteiger partial charge in [-0.15, -0.1) is 0 Å². The van der Waals surface area contributed by atoms with Gasteiger partial charge in [-0.05, 0) is 37.5 Å². The third kappa shape index (κ3) is 4.37. The lowest BCUT2D eigenvalue weighted by molar-refractivity contribution is -0.141. The molecule has 0 aliphatic carbocycles. The zero-order valence-electron chi connectivity index (χ0n) is 10.4. The lowest BCUT2D eigenvalue weighted by Crippen LogP contribution is -2.38. The van der Waals surface area contributed by atoms with Crippen LogP contribution in [0.25, 0.3) is 0 Å². The summed E-state index contributed by atoms with van der Waals surface area (Å²) in [6.45, 7) is 3.34. The van der Waals surface area contributed by atoms with Gasteiger partial charge in [0, 0.05) is 11.4 Å². The average molecular weight is 270 g/mol. The van der Waals surface area contributed by atoms with Crippen LogP contribution in [0.5, 0.6) is 0 Å². The molecule has 1 amide bonds. The van der Waals surface area contributed by atoms with Crippen LogP contribution in [0.2, 0.25) is 5.02 Å². The first-order chi connectivity index (χ1) is 8.40. The van der Waals surface area contributed by atoms with Gasteiger partial charge < -0.3 is 10.4 Å². The van der Waals surface area contributed by atoms with Gasteiger partial charge in [0.1, 0.15) is 6.04 Å². The maximum atomic E-state index is 11.5. The predicted octanol–water partition coefficient (Wildman–Crippen LogP) is 2.17. The van der Waals surface area contributed by atoms with Gasteiger partial charge in [-0.1, -0.05) is 23.7 Å². The Hall–Kier alpha value is -1.55. The summed E-state index contributed by atoms with van der Waals surface area (Å²) < 4.78 is 0. The van der Waals surface area contributed by atoms with Gasteiger partial charge >= 0.3 is 5.97 Å². The van der Waals surface area contributed by atoms with E-state index in [1.807, 2.05) is 25.1 Å². The number of aryl methyl sites for hydroxylation is 2. The van der Waals surface area contributed by atoms with Gasteiger partial charge in [-0.25, -0.2) is 0 Å². The van der Waals surface area contributed by atoms with E-state index >= 15 is 0 Å². The van der Waals surface area contributed by atoms with Crippen molar-refractivity contribution in [1.82, 2.24) is 5.32 Å². The highest BCUT2D eigenvalue weighted by molar-refractivity contribution is 6.31. The molecule has 1 aromatic carbocycles. The Labute approximate surface area is 111 Å². The molecule has 0 aliphatic rings. The molecule has 0 radical (unpaired) electrons. The van der Waals surface area contributed by atoms with E-state index in [4.69, 9.17) is 16.7 Å². The standard InChI is InChI=1S/C13H16ClNO3/c1-8-3-4-10(7-11(8)14)5-6-12(16)15-9(2)13(17)18/h3-4,7,9H,5-6H2,1-2H3,(H,15,16)(H,17,18)/t9-/m1/s1. The van der Waals surface area contributed by atoms with E-state index < -0.39 is 12.0 Å². The van der Waals surface area contributed by atoms with Crippen LogP contribution in [0, 0.1) is 6.92 Å². The summed E-state index contributed by atoms with van der Waals surface area (Å²) in [6.07, 6.45) is 0.787. The van der Waals surface area contributed by atoms with Crippen molar-refractivity contribution in [2.45, 2.75) is 32.7 Å². The van der Waals surface area contributed by atoms with Crippen LogP contribution < -0.4 is 5.32 Å². The summed E-state index contributed by atoms with van der Waals surface area (Å²) in [5.74, 6) is -1.32. The molecule has 5 heteroatoms. The minimum absolute atomic E-state index is 0.247. The van der Waals surface area contributed by atoms with Gasteiger partial charge in [0.25, 0.3) is 0 Å². The number of aliphatic carboxylic acids is 1. The van der Waals surface area contributed by atoms with Gasteiger partial charge in [0.2, 0.25) is 5.91 Å². The minimum Gasteiger partial charge on any atom is -0.480 e. The smallest absolute Gasteiger partial charge is 0.325 e. The van der Waals surface area contributed by atoms with E-state index in [-0.39, 0.29) is 12.3 Å². The first-order valence-corrected chi connectivity index (χ1v) is 6.05. The number of nitrogens with one attached hydrogen (secondary N) is 1. The fraction of sp³-hybridized carbons (Fsp3) is 0.385. The fourth-order valence-electron chi connectivity index (χ4n) is 1.43. The first kappa shape index (κ1) is 14.5. The quantitative estimate of drug-likeness (QED) is 0.861. The predicted molar refractivity (Wildman–Crippen MR) is 69.8 cm³/mol. The van der Waals surface area contributed by atoms with Gasteiger partial charge in [-0.3, -0.25) is 9.59 Å². The molecule has 18 heavy (non-hydrogen) atoms. The van der Waals surface area contributed by atoms with E-state index in [1.165, 1.54) is 6.92 Å². The fourth-order valence-corrected chi connectivity index (χ4v) is 1.63. The second-order valence-corrected chi connectivity index (χ2v) is 4.62. The Morgan fingerprint density at radius 3 is 2.67 bits per heavy atom. The minimum atomic E-state index is -1.04. The Bertz CT molecular complexity index is 460. The van der Waals surface area contributed by atoms with Crippen molar-refractivity contribution in [3.63, 3.8) is 0 Å². The summed E-state index contributed by atoms with van der Waals surface area (Å²) in [4.78, 5) is 22.0. The largest absolute Gasteiger partial charge is 0.480 e. The molecule has 4 nitrogen and oxygen atoms in total. The maximum absolute atomic E-state index is 11.5. The molecule has 0 spiro atoms. The van der Waals surface area contributed by atoms with Gasteiger partial charge in [0.15, 0.2) is 0 Å². The highest BCUT2D eigenvalue weighted by atomic mass is 35.5. The molecule has 0 aliphatic heterocycles. The van der Waals surface area contributed by atoms with Crippen molar-refractivity contribution in [3.05, 3.63) is 34.3 Å². The molecule has 0 aromatic heterocycles. The summed E-state index contributed by atoms with van der Waals surface area (Å²) in [6, 6.07) is 4.77. The number of halogens is 1. The van der Waals surface area contributed by atoms with Crippen molar-refractivity contribution < 1.29 is 14.7 Å². The molecule has 0 saturated carbocycles. The van der Waals surface area contributed by atoms with Crippen LogP contribution in [0.3, 0.4) is 0 Å². The molecule has 1 rings (SSSR count). The van der Waals surface area contributed by atoms with Gasteiger partial charge in [-0.2, -0.15) is 0 Å². The SMILES string of the molecule is Cc1ccc(CCC(=O)N[C@H](C)C(=O)O)cc1Cl. The number of carboxylic acids is 1. The number of amides is 1. The molecule has 2 N–H and O–H groups in total. The summed E-state index contributed by atoms with van der Waals surface area (Å²) >= 11 is 5.98. The third-order valence-corrected chi connectivity index (χ3v) is 3.03. The van der Waals surface area contributed by atoms with Gasteiger partial charge in [0.05, 0.1) is 0 Å². The number of carbonyl (C=O) groups excluding carboxylic acids is 1. The van der Waals surface area contributed by atoms with E-state index in [0.717, 1.165) is 11.1 Å². The van der Waals surface area contributed by atoms with Crippen LogP contribution in [-0.2, 0) is 16.0 Å². The maximum Gasteiger partial charge on any atom is 0.325 e. The molecule has 0 saturated heterocycles. The zero-order chi connectivity index (χ0) is 13.7. The number of rotatable bonds is 5. The van der Waals surface area contributed by atoms with Crippen molar-refractivity contribution in [2.75, 3.05) is 0 Å². The van der Waals surface area contributed by atoms with Crippen molar-refractivity contribution in [1.29, 1.82) is 0 Å². The number of benzene rings is 1.